The van der Waals surface area contributed by atoms with Crippen molar-refractivity contribution in [2.45, 2.75) is 0 Å². The van der Waals surface area contributed by atoms with Crippen molar-refractivity contribution in [3.8, 4) is 11.4 Å². The van der Waals surface area contributed by atoms with E-state index in [-0.39, 0.29) is 10.9 Å². The summed E-state index contributed by atoms with van der Waals surface area (Å²) in [6.07, 6.45) is 0. The van der Waals surface area contributed by atoms with Crippen LogP contribution in [0.2, 0.25) is 5.02 Å². The van der Waals surface area contributed by atoms with Crippen LogP contribution in [0.3, 0.4) is 0 Å². The highest BCUT2D eigenvalue weighted by Gasteiger charge is 2.14. The zero-order chi connectivity index (χ0) is 15.9. The second kappa shape index (κ2) is 5.31. The Bertz CT molecular complexity index is 994. The fraction of sp³-hybridized carbons (Fsp3) is 0.0667. The van der Waals surface area contributed by atoms with Gasteiger partial charge in [0.2, 0.25) is 0 Å². The number of nitrogens with zero attached hydrogens (tertiary/aromatic N) is 1. The Morgan fingerprint density at radius 2 is 1.95 bits per heavy atom. The number of aromatic nitrogens is 2. The lowest BCUT2D eigenvalue weighted by atomic mass is 10.2. The molecule has 0 bridgehead atoms. The van der Waals surface area contributed by atoms with Gasteiger partial charge in [-0.3, -0.25) is 14.3 Å². The van der Waals surface area contributed by atoms with Gasteiger partial charge in [-0.25, -0.2) is 9.18 Å². The molecule has 1 aromatic heterocycles. The lowest BCUT2D eigenvalue weighted by Crippen LogP contribution is -2.29. The molecule has 2 aromatic carbocycles. The van der Waals surface area contributed by atoms with E-state index in [0.29, 0.717) is 16.5 Å². The number of rotatable bonds is 2. The number of fused-ring (bicyclic) bond motifs is 1. The van der Waals surface area contributed by atoms with Gasteiger partial charge in [-0.2, -0.15) is 0 Å². The van der Waals surface area contributed by atoms with Crippen molar-refractivity contribution in [1.29, 1.82) is 0 Å². The highest BCUT2D eigenvalue weighted by Crippen LogP contribution is 2.27. The van der Waals surface area contributed by atoms with Gasteiger partial charge in [0.1, 0.15) is 11.6 Å². The zero-order valence-corrected chi connectivity index (χ0v) is 12.1. The van der Waals surface area contributed by atoms with Crippen molar-refractivity contribution in [3.63, 3.8) is 0 Å². The molecule has 0 aliphatic heterocycles. The summed E-state index contributed by atoms with van der Waals surface area (Å²) in [5, 5.41) is 0.617. The molecule has 0 aliphatic carbocycles. The number of hydrogen-bond donors (Lipinski definition) is 1. The van der Waals surface area contributed by atoms with Gasteiger partial charge < -0.3 is 4.74 Å². The minimum atomic E-state index is -0.691. The summed E-state index contributed by atoms with van der Waals surface area (Å²) in [4.78, 5) is 26.3. The van der Waals surface area contributed by atoms with Crippen LogP contribution in [0.5, 0.6) is 5.75 Å². The summed E-state index contributed by atoms with van der Waals surface area (Å²) >= 11 is 5.91. The van der Waals surface area contributed by atoms with Gasteiger partial charge in [-0.15, -0.1) is 0 Å². The quantitative estimate of drug-likeness (QED) is 0.789. The molecule has 3 rings (SSSR count). The van der Waals surface area contributed by atoms with E-state index in [1.54, 1.807) is 12.1 Å². The summed E-state index contributed by atoms with van der Waals surface area (Å²) in [5.41, 5.74) is -0.772. The smallest absolute Gasteiger partial charge is 0.333 e. The minimum Gasteiger partial charge on any atom is -0.495 e. The van der Waals surface area contributed by atoms with E-state index in [1.165, 1.54) is 23.8 Å². The van der Waals surface area contributed by atoms with Crippen molar-refractivity contribution < 1.29 is 9.13 Å². The molecule has 0 atom stereocenters. The van der Waals surface area contributed by atoms with Crippen molar-refractivity contribution >= 4 is 22.5 Å². The summed E-state index contributed by atoms with van der Waals surface area (Å²) in [7, 11) is 1.43. The van der Waals surface area contributed by atoms with Crippen molar-refractivity contribution in [1.82, 2.24) is 9.55 Å². The number of halogens is 2. The van der Waals surface area contributed by atoms with Crippen molar-refractivity contribution in [2.75, 3.05) is 7.11 Å². The van der Waals surface area contributed by atoms with Crippen LogP contribution in [0, 0.1) is 5.82 Å². The van der Waals surface area contributed by atoms with Crippen LogP contribution >= 0.6 is 11.6 Å². The normalized spacial score (nSPS) is 10.9. The first-order valence-corrected chi connectivity index (χ1v) is 6.67. The second-order valence-electron chi connectivity index (χ2n) is 4.57. The van der Waals surface area contributed by atoms with E-state index >= 15 is 0 Å². The van der Waals surface area contributed by atoms with Crippen LogP contribution in [0.4, 0.5) is 4.39 Å². The Kier molecular flexibility index (Phi) is 3.46. The number of aromatic amines is 1. The average Bonchev–Trinajstić information content (AvgIpc) is 2.48. The molecule has 1 N–H and O–H groups in total. The van der Waals surface area contributed by atoms with Crippen LogP contribution in [0.15, 0.2) is 46.0 Å². The Morgan fingerprint density at radius 3 is 2.68 bits per heavy atom. The van der Waals surface area contributed by atoms with Crippen LogP contribution in [0.25, 0.3) is 16.6 Å². The van der Waals surface area contributed by atoms with Crippen LogP contribution < -0.4 is 16.0 Å². The molecule has 0 aliphatic rings. The van der Waals surface area contributed by atoms with Crippen LogP contribution in [-0.2, 0) is 0 Å². The monoisotopic (exact) mass is 320 g/mol. The number of hydrogen-bond acceptors (Lipinski definition) is 3. The maximum absolute atomic E-state index is 13.6. The molecule has 5 nitrogen and oxygen atoms in total. The number of ether oxygens (including phenoxy) is 1. The molecule has 7 heteroatoms. The number of nitrogens with one attached hydrogen (secondary N) is 1. The van der Waals surface area contributed by atoms with Gasteiger partial charge in [0, 0.05) is 11.1 Å². The van der Waals surface area contributed by atoms with Gasteiger partial charge in [0.15, 0.2) is 0 Å². The molecular formula is C15H10ClFN2O3. The van der Waals surface area contributed by atoms with Crippen molar-refractivity contribution in [3.05, 3.63) is 68.1 Å². The molecular weight excluding hydrogens is 311 g/mol. The van der Waals surface area contributed by atoms with Gasteiger partial charge in [0.25, 0.3) is 5.56 Å². The molecule has 0 fully saturated rings. The van der Waals surface area contributed by atoms with Gasteiger partial charge >= 0.3 is 5.69 Å². The highest BCUT2D eigenvalue weighted by molar-refractivity contribution is 6.30. The first-order valence-electron chi connectivity index (χ1n) is 6.30. The third-order valence-electron chi connectivity index (χ3n) is 3.25. The molecule has 22 heavy (non-hydrogen) atoms. The Hall–Kier alpha value is -2.60. The van der Waals surface area contributed by atoms with E-state index in [9.17, 15) is 14.0 Å². The number of methoxy groups -OCH3 is 1. The predicted octanol–water partition coefficient (Wildman–Crippen LogP) is 2.48. The number of H-pyrrole nitrogens is 1. The van der Waals surface area contributed by atoms with Crippen LogP contribution in [-0.4, -0.2) is 16.7 Å². The highest BCUT2D eigenvalue weighted by atomic mass is 35.5. The fourth-order valence-electron chi connectivity index (χ4n) is 2.29. The van der Waals surface area contributed by atoms with E-state index in [1.807, 2.05) is 0 Å². The first-order chi connectivity index (χ1) is 10.5. The topological polar surface area (TPSA) is 64.1 Å². The Labute approximate surface area is 128 Å². The van der Waals surface area contributed by atoms with Gasteiger partial charge in [0.05, 0.1) is 23.7 Å². The summed E-state index contributed by atoms with van der Waals surface area (Å²) in [6, 6.07) is 8.26. The van der Waals surface area contributed by atoms with E-state index in [4.69, 9.17) is 16.3 Å². The van der Waals surface area contributed by atoms with Gasteiger partial charge in [-0.1, -0.05) is 11.6 Å². The summed E-state index contributed by atoms with van der Waals surface area (Å²) in [5.74, 6) is -0.230. The average molecular weight is 321 g/mol. The standard InChI is InChI=1S/C15H10ClFN2O3/c1-22-13-6-8(16)2-5-11(13)19-12-7-9(17)3-4-10(12)14(20)18-15(19)21/h2-7H,1H3,(H,18,20,21). The zero-order valence-electron chi connectivity index (χ0n) is 11.4. The molecule has 0 saturated heterocycles. The fourth-order valence-corrected chi connectivity index (χ4v) is 2.45. The molecule has 1 heterocycles. The SMILES string of the molecule is COc1cc(Cl)ccc1-n1c(=O)[nH]c(=O)c2ccc(F)cc21. The van der Waals surface area contributed by atoms with E-state index in [2.05, 4.69) is 4.98 Å². The molecule has 0 unspecified atom stereocenters. The molecule has 112 valence electrons. The maximum atomic E-state index is 13.6. The largest absolute Gasteiger partial charge is 0.495 e. The summed E-state index contributed by atoms with van der Waals surface area (Å²) in [6.45, 7) is 0. The lowest BCUT2D eigenvalue weighted by molar-refractivity contribution is 0.412. The predicted molar refractivity (Wildman–Crippen MR) is 81.7 cm³/mol. The molecule has 0 radical (unpaired) electrons. The summed E-state index contributed by atoms with van der Waals surface area (Å²) < 4.78 is 20.0. The maximum Gasteiger partial charge on any atom is 0.333 e. The van der Waals surface area contributed by atoms with E-state index in [0.717, 1.165) is 12.1 Å². The van der Waals surface area contributed by atoms with Crippen LogP contribution in [0.1, 0.15) is 0 Å². The molecule has 3 aromatic rings. The van der Waals surface area contributed by atoms with Crippen molar-refractivity contribution in [2.24, 2.45) is 0 Å². The minimum absolute atomic E-state index is 0.148. The second-order valence-corrected chi connectivity index (χ2v) is 5.01. The third kappa shape index (κ3) is 2.27. The molecule has 0 saturated carbocycles. The Morgan fingerprint density at radius 1 is 1.18 bits per heavy atom. The van der Waals surface area contributed by atoms with Gasteiger partial charge in [-0.05, 0) is 30.3 Å². The first kappa shape index (κ1) is 14.3. The lowest BCUT2D eigenvalue weighted by Gasteiger charge is -2.13. The molecule has 0 spiro atoms. The number of benzene rings is 2. The van der Waals surface area contributed by atoms with E-state index < -0.39 is 17.1 Å². The molecule has 0 amide bonds. The third-order valence-corrected chi connectivity index (χ3v) is 3.49. The Balaban J connectivity index is 2.48.